The number of carbonyl (C=O) groups excluding carboxylic acids is 1. The van der Waals surface area contributed by atoms with Gasteiger partial charge in [0.15, 0.2) is 28.6 Å². The Morgan fingerprint density at radius 3 is 2.56 bits per heavy atom. The lowest BCUT2D eigenvalue weighted by Crippen LogP contribution is -2.33. The van der Waals surface area contributed by atoms with Crippen LogP contribution in [0.5, 0.6) is 0 Å². The minimum absolute atomic E-state index is 0. The molecule has 1 aliphatic rings. The highest BCUT2D eigenvalue weighted by molar-refractivity contribution is 5.92. The number of H-pyrrole nitrogens is 1. The van der Waals surface area contributed by atoms with Crippen LogP contribution in [0.3, 0.4) is 0 Å². The normalized spacial score (nSPS) is 17.4. The molecule has 5 N–H and O–H groups in total. The second-order valence-electron chi connectivity index (χ2n) is 8.46. The number of aromatic amines is 1. The number of anilines is 2. The van der Waals surface area contributed by atoms with Crippen LogP contribution < -0.4 is 16.4 Å². The molecule has 3 aromatic rings. The van der Waals surface area contributed by atoms with Crippen molar-refractivity contribution in [2.45, 2.75) is 70.5 Å². The van der Waals surface area contributed by atoms with Gasteiger partial charge in [-0.2, -0.15) is 9.97 Å². The van der Waals surface area contributed by atoms with Gasteiger partial charge in [0.1, 0.15) is 0 Å². The van der Waals surface area contributed by atoms with E-state index in [1.807, 2.05) is 4.57 Å². The first kappa shape index (κ1) is 29.9. The van der Waals surface area contributed by atoms with Crippen LogP contribution in [0.1, 0.15) is 69.0 Å². The van der Waals surface area contributed by atoms with E-state index in [1.165, 1.54) is 0 Å². The Kier molecular flexibility index (Phi) is 12.0. The SMILES string of the molecule is CC(C)n1cnc2c(NCCCC(=O)c3ncc[nH]3)nc(N[C@H]3CC[C@H](N)CC3)nc21.Cl.Cl.Cl. The standard InChI is InChI=1S/C21H31N9O.3ClH/c1-13(2)30-12-26-17-19(23-9-3-4-16(31)18-24-10-11-25-18)28-21(29-20(17)30)27-15-7-5-14(22)6-8-15;;;/h10-15H,3-9,22H2,1-2H3,(H,24,25)(H2,23,27,28,29);3*1H/t14-,15-;;;. The van der Waals surface area contributed by atoms with Crippen LogP contribution in [-0.4, -0.2) is 53.9 Å². The lowest BCUT2D eigenvalue weighted by atomic mass is 9.92. The van der Waals surface area contributed by atoms with E-state index in [9.17, 15) is 4.79 Å². The number of hydrogen-bond donors (Lipinski definition) is 4. The van der Waals surface area contributed by atoms with Crippen molar-refractivity contribution in [1.82, 2.24) is 29.5 Å². The molecule has 13 heteroatoms. The van der Waals surface area contributed by atoms with E-state index >= 15 is 0 Å². The van der Waals surface area contributed by atoms with Crippen molar-refractivity contribution in [1.29, 1.82) is 0 Å². The van der Waals surface area contributed by atoms with Crippen LogP contribution in [0.25, 0.3) is 11.2 Å². The van der Waals surface area contributed by atoms with E-state index in [2.05, 4.69) is 39.4 Å². The van der Waals surface area contributed by atoms with E-state index in [-0.39, 0.29) is 49.0 Å². The first-order valence-electron chi connectivity index (χ1n) is 11.0. The van der Waals surface area contributed by atoms with E-state index in [1.54, 1.807) is 18.7 Å². The van der Waals surface area contributed by atoms with E-state index in [0.29, 0.717) is 49.1 Å². The number of ketones is 1. The Labute approximate surface area is 217 Å². The second-order valence-corrected chi connectivity index (χ2v) is 8.46. The van der Waals surface area contributed by atoms with Gasteiger partial charge in [-0.15, -0.1) is 37.2 Å². The third-order valence-corrected chi connectivity index (χ3v) is 5.72. The minimum atomic E-state index is 0. The van der Waals surface area contributed by atoms with Crippen molar-refractivity contribution in [3.8, 4) is 0 Å². The fourth-order valence-electron chi connectivity index (χ4n) is 3.92. The van der Waals surface area contributed by atoms with Gasteiger partial charge in [-0.1, -0.05) is 0 Å². The Morgan fingerprint density at radius 2 is 1.91 bits per heavy atom. The highest BCUT2D eigenvalue weighted by Gasteiger charge is 2.21. The molecule has 10 nitrogen and oxygen atoms in total. The van der Waals surface area contributed by atoms with E-state index in [4.69, 9.17) is 15.7 Å². The van der Waals surface area contributed by atoms with Gasteiger partial charge in [0.2, 0.25) is 5.95 Å². The van der Waals surface area contributed by atoms with Crippen molar-refractivity contribution in [2.24, 2.45) is 5.73 Å². The number of rotatable bonds is 9. The van der Waals surface area contributed by atoms with Crippen LogP contribution in [0, 0.1) is 0 Å². The number of imidazole rings is 2. The molecule has 34 heavy (non-hydrogen) atoms. The molecule has 0 amide bonds. The summed E-state index contributed by atoms with van der Waals surface area (Å²) in [6.45, 7) is 4.81. The molecule has 1 aliphatic carbocycles. The zero-order valence-electron chi connectivity index (χ0n) is 19.4. The average molecular weight is 535 g/mol. The maximum Gasteiger partial charge on any atom is 0.227 e. The smallest absolute Gasteiger partial charge is 0.227 e. The number of nitrogens with zero attached hydrogens (tertiary/aromatic N) is 5. The number of nitrogens with two attached hydrogens (primary N) is 1. The van der Waals surface area contributed by atoms with Gasteiger partial charge in [-0.25, -0.2) is 9.97 Å². The maximum absolute atomic E-state index is 12.1. The third-order valence-electron chi connectivity index (χ3n) is 5.72. The quantitative estimate of drug-likeness (QED) is 0.237. The summed E-state index contributed by atoms with van der Waals surface area (Å²) in [5.74, 6) is 1.69. The van der Waals surface area contributed by atoms with Crippen LogP contribution in [0.15, 0.2) is 18.7 Å². The topological polar surface area (TPSA) is 139 Å². The lowest BCUT2D eigenvalue weighted by molar-refractivity contribution is 0.0972. The zero-order chi connectivity index (χ0) is 21.8. The highest BCUT2D eigenvalue weighted by atomic mass is 35.5. The maximum atomic E-state index is 12.1. The molecule has 0 spiro atoms. The lowest BCUT2D eigenvalue weighted by Gasteiger charge is -2.27. The monoisotopic (exact) mass is 533 g/mol. The third kappa shape index (κ3) is 7.18. The number of nitrogens with one attached hydrogen (secondary N) is 3. The van der Waals surface area contributed by atoms with Gasteiger partial charge in [-0.3, -0.25) is 4.79 Å². The molecule has 0 bridgehead atoms. The van der Waals surface area contributed by atoms with Gasteiger partial charge in [0.25, 0.3) is 0 Å². The number of fused-ring (bicyclic) bond motifs is 1. The fourth-order valence-corrected chi connectivity index (χ4v) is 3.92. The molecule has 0 unspecified atom stereocenters. The molecular formula is C21H34Cl3N9O. The molecule has 3 aromatic heterocycles. The summed E-state index contributed by atoms with van der Waals surface area (Å²) in [6, 6.07) is 0.857. The van der Waals surface area contributed by atoms with Crippen molar-refractivity contribution in [3.63, 3.8) is 0 Å². The Morgan fingerprint density at radius 1 is 1.18 bits per heavy atom. The molecule has 0 aliphatic heterocycles. The number of hydrogen-bond acceptors (Lipinski definition) is 8. The number of aromatic nitrogens is 6. The van der Waals surface area contributed by atoms with Gasteiger partial charge >= 0.3 is 0 Å². The Bertz CT molecular complexity index is 1020. The zero-order valence-corrected chi connectivity index (χ0v) is 21.8. The van der Waals surface area contributed by atoms with Crippen LogP contribution >= 0.6 is 37.2 Å². The second kappa shape index (κ2) is 13.7. The molecule has 0 radical (unpaired) electrons. The summed E-state index contributed by atoms with van der Waals surface area (Å²) in [5.41, 5.74) is 7.58. The summed E-state index contributed by atoms with van der Waals surface area (Å²) in [6.07, 6.45) is 10.2. The summed E-state index contributed by atoms with van der Waals surface area (Å²) in [4.78, 5) is 33.0. The summed E-state index contributed by atoms with van der Waals surface area (Å²) in [7, 11) is 0. The molecule has 190 valence electrons. The van der Waals surface area contributed by atoms with Crippen LogP contribution in [0.2, 0.25) is 0 Å². The van der Waals surface area contributed by atoms with E-state index in [0.717, 1.165) is 36.8 Å². The van der Waals surface area contributed by atoms with Crippen molar-refractivity contribution in [3.05, 3.63) is 24.5 Å². The van der Waals surface area contributed by atoms with Crippen molar-refractivity contribution in [2.75, 3.05) is 17.2 Å². The number of Topliss-reactive ketones (excluding diaryl/α,β-unsaturated/α-hetero) is 1. The summed E-state index contributed by atoms with van der Waals surface area (Å²) in [5, 5.41) is 6.85. The first-order valence-corrected chi connectivity index (χ1v) is 11.0. The molecular weight excluding hydrogens is 501 g/mol. The Balaban J connectivity index is 0.00000193. The summed E-state index contributed by atoms with van der Waals surface area (Å²) >= 11 is 0. The number of halogens is 3. The fraction of sp³-hybridized carbons (Fsp3) is 0.571. The van der Waals surface area contributed by atoms with Gasteiger partial charge in [0.05, 0.1) is 6.33 Å². The average Bonchev–Trinajstić information content (AvgIpc) is 3.43. The van der Waals surface area contributed by atoms with Gasteiger partial charge in [-0.05, 0) is 46.0 Å². The largest absolute Gasteiger partial charge is 0.368 e. The predicted octanol–water partition coefficient (Wildman–Crippen LogP) is 4.15. The molecule has 0 saturated heterocycles. The number of carbonyl (C=O) groups is 1. The van der Waals surface area contributed by atoms with Crippen molar-refractivity contribution < 1.29 is 4.79 Å². The Hall–Kier alpha value is -2.14. The molecule has 0 atom stereocenters. The van der Waals surface area contributed by atoms with Gasteiger partial charge in [0, 0.05) is 43.5 Å². The van der Waals surface area contributed by atoms with E-state index < -0.39 is 0 Å². The molecule has 3 heterocycles. The molecule has 1 fully saturated rings. The van der Waals surface area contributed by atoms with Crippen molar-refractivity contribution >= 4 is 65.9 Å². The molecule has 4 rings (SSSR count). The molecule has 0 aromatic carbocycles. The highest BCUT2D eigenvalue weighted by Crippen LogP contribution is 2.25. The molecule has 1 saturated carbocycles. The van der Waals surface area contributed by atoms with Crippen LogP contribution in [0.4, 0.5) is 11.8 Å². The first-order chi connectivity index (χ1) is 15.0. The van der Waals surface area contributed by atoms with Gasteiger partial charge < -0.3 is 25.9 Å². The predicted molar refractivity (Wildman–Crippen MR) is 142 cm³/mol. The van der Waals surface area contributed by atoms with Crippen LogP contribution in [-0.2, 0) is 0 Å². The minimum Gasteiger partial charge on any atom is -0.368 e. The summed E-state index contributed by atoms with van der Waals surface area (Å²) < 4.78 is 2.05.